The quantitative estimate of drug-likeness (QED) is 0.858. The lowest BCUT2D eigenvalue weighted by atomic mass is 10.1. The predicted octanol–water partition coefficient (Wildman–Crippen LogP) is 2.05. The van der Waals surface area contributed by atoms with Gasteiger partial charge in [-0.05, 0) is 31.5 Å². The Labute approximate surface area is 92.9 Å². The maximum atomic E-state index is 5.54. The lowest BCUT2D eigenvalue weighted by Gasteiger charge is -2.05. The van der Waals surface area contributed by atoms with Crippen LogP contribution in [0.25, 0.3) is 11.0 Å². The molecule has 1 aromatic carbocycles. The molecule has 0 spiro atoms. The molecule has 4 nitrogen and oxygen atoms in total. The summed E-state index contributed by atoms with van der Waals surface area (Å²) in [7, 11) is 0. The first-order chi connectivity index (χ1) is 7.90. The topological polar surface area (TPSA) is 57.6 Å². The van der Waals surface area contributed by atoms with Gasteiger partial charge < -0.3 is 19.6 Å². The van der Waals surface area contributed by atoms with Crippen LogP contribution in [0.3, 0.4) is 0 Å². The van der Waals surface area contributed by atoms with Crippen LogP contribution in [0.2, 0.25) is 0 Å². The van der Waals surface area contributed by atoms with E-state index in [9.17, 15) is 0 Å². The molecule has 0 aliphatic carbocycles. The molecule has 0 saturated heterocycles. The summed E-state index contributed by atoms with van der Waals surface area (Å²) in [6, 6.07) is 3.89. The van der Waals surface area contributed by atoms with Crippen LogP contribution in [-0.2, 0) is 6.42 Å². The first kappa shape index (κ1) is 9.54. The highest BCUT2D eigenvalue weighted by Crippen LogP contribution is 2.41. The standard InChI is InChI=1S/C12H13NO3/c13-4-1-2-9-11-8(3-5-14-11)6-10-12(9)16-7-15-10/h3,5-6H,1-2,4,7,13H2. The molecule has 1 aliphatic rings. The molecule has 1 aliphatic heterocycles. The highest BCUT2D eigenvalue weighted by Gasteiger charge is 2.22. The van der Waals surface area contributed by atoms with Gasteiger partial charge in [0.2, 0.25) is 6.79 Å². The van der Waals surface area contributed by atoms with E-state index >= 15 is 0 Å². The molecule has 0 saturated carbocycles. The molecular formula is C12H13NO3. The third kappa shape index (κ3) is 1.34. The van der Waals surface area contributed by atoms with Gasteiger partial charge in [-0.15, -0.1) is 0 Å². The zero-order valence-electron chi connectivity index (χ0n) is 8.86. The summed E-state index contributed by atoms with van der Waals surface area (Å²) in [5.41, 5.74) is 7.49. The fourth-order valence-corrected chi connectivity index (χ4v) is 2.06. The van der Waals surface area contributed by atoms with E-state index in [0.29, 0.717) is 6.54 Å². The largest absolute Gasteiger partial charge is 0.464 e. The van der Waals surface area contributed by atoms with Crippen LogP contribution in [0.4, 0.5) is 0 Å². The minimum absolute atomic E-state index is 0.289. The zero-order valence-corrected chi connectivity index (χ0v) is 8.86. The van der Waals surface area contributed by atoms with Crippen molar-refractivity contribution in [2.75, 3.05) is 13.3 Å². The Morgan fingerprint density at radius 1 is 1.31 bits per heavy atom. The van der Waals surface area contributed by atoms with Gasteiger partial charge in [0.25, 0.3) is 0 Å². The number of hydrogen-bond donors (Lipinski definition) is 1. The van der Waals surface area contributed by atoms with Crippen LogP contribution in [0.1, 0.15) is 12.0 Å². The number of nitrogens with two attached hydrogens (primary N) is 1. The molecular weight excluding hydrogens is 206 g/mol. The molecule has 0 radical (unpaired) electrons. The second-order valence-corrected chi connectivity index (χ2v) is 3.82. The number of fused-ring (bicyclic) bond motifs is 2. The molecule has 1 aromatic heterocycles. The van der Waals surface area contributed by atoms with Crippen molar-refractivity contribution in [1.82, 2.24) is 0 Å². The Morgan fingerprint density at radius 3 is 3.12 bits per heavy atom. The van der Waals surface area contributed by atoms with Crippen molar-refractivity contribution in [3.8, 4) is 11.5 Å². The Morgan fingerprint density at radius 2 is 2.25 bits per heavy atom. The number of aryl methyl sites for hydroxylation is 1. The molecule has 4 heteroatoms. The van der Waals surface area contributed by atoms with E-state index in [4.69, 9.17) is 19.6 Å². The molecule has 3 rings (SSSR count). The van der Waals surface area contributed by atoms with Gasteiger partial charge in [0.1, 0.15) is 5.58 Å². The molecule has 0 atom stereocenters. The predicted molar refractivity (Wildman–Crippen MR) is 59.7 cm³/mol. The Kier molecular flexibility index (Phi) is 2.22. The average Bonchev–Trinajstić information content (AvgIpc) is 2.91. The summed E-state index contributed by atoms with van der Waals surface area (Å²) >= 11 is 0. The van der Waals surface area contributed by atoms with E-state index in [1.807, 2.05) is 12.1 Å². The molecule has 2 heterocycles. The van der Waals surface area contributed by atoms with Crippen LogP contribution < -0.4 is 15.2 Å². The molecule has 0 unspecified atom stereocenters. The molecule has 0 amide bonds. The Bertz CT molecular complexity index is 518. The number of furan rings is 1. The lowest BCUT2D eigenvalue weighted by Crippen LogP contribution is -2.01. The second-order valence-electron chi connectivity index (χ2n) is 3.82. The van der Waals surface area contributed by atoms with Crippen molar-refractivity contribution in [1.29, 1.82) is 0 Å². The SMILES string of the molecule is NCCCc1c2c(cc3ccoc13)OCO2. The van der Waals surface area contributed by atoms with Gasteiger partial charge in [-0.25, -0.2) is 0 Å². The van der Waals surface area contributed by atoms with E-state index in [2.05, 4.69) is 0 Å². The smallest absolute Gasteiger partial charge is 0.231 e. The highest BCUT2D eigenvalue weighted by molar-refractivity contribution is 5.85. The van der Waals surface area contributed by atoms with Gasteiger partial charge >= 0.3 is 0 Å². The minimum Gasteiger partial charge on any atom is -0.464 e. The monoisotopic (exact) mass is 219 g/mol. The Hall–Kier alpha value is -1.68. The third-order valence-corrected chi connectivity index (χ3v) is 2.80. The van der Waals surface area contributed by atoms with Crippen LogP contribution in [0.5, 0.6) is 11.5 Å². The van der Waals surface area contributed by atoms with Gasteiger partial charge in [-0.3, -0.25) is 0 Å². The molecule has 0 fully saturated rings. The van der Waals surface area contributed by atoms with E-state index in [1.165, 1.54) is 0 Å². The number of ether oxygens (including phenoxy) is 2. The summed E-state index contributed by atoms with van der Waals surface area (Å²) in [4.78, 5) is 0. The van der Waals surface area contributed by atoms with Crippen LogP contribution in [0, 0.1) is 0 Å². The van der Waals surface area contributed by atoms with Crippen molar-refractivity contribution in [2.24, 2.45) is 5.73 Å². The normalized spacial score (nSPS) is 13.6. The number of benzene rings is 1. The van der Waals surface area contributed by atoms with E-state index < -0.39 is 0 Å². The van der Waals surface area contributed by atoms with Crippen molar-refractivity contribution in [3.63, 3.8) is 0 Å². The molecule has 2 N–H and O–H groups in total. The van der Waals surface area contributed by atoms with Crippen molar-refractivity contribution in [2.45, 2.75) is 12.8 Å². The fraction of sp³-hybridized carbons (Fsp3) is 0.333. The van der Waals surface area contributed by atoms with Crippen LogP contribution in [0.15, 0.2) is 22.8 Å². The molecule has 84 valence electrons. The third-order valence-electron chi connectivity index (χ3n) is 2.80. The molecule has 16 heavy (non-hydrogen) atoms. The average molecular weight is 219 g/mol. The summed E-state index contributed by atoms with van der Waals surface area (Å²) in [5, 5.41) is 1.05. The maximum Gasteiger partial charge on any atom is 0.231 e. The van der Waals surface area contributed by atoms with E-state index in [1.54, 1.807) is 6.26 Å². The summed E-state index contributed by atoms with van der Waals surface area (Å²) in [5.74, 6) is 1.62. The van der Waals surface area contributed by atoms with Crippen LogP contribution in [-0.4, -0.2) is 13.3 Å². The highest BCUT2D eigenvalue weighted by atomic mass is 16.7. The number of rotatable bonds is 3. The van der Waals surface area contributed by atoms with Gasteiger partial charge in [0.05, 0.1) is 6.26 Å². The molecule has 0 bridgehead atoms. The first-order valence-electron chi connectivity index (χ1n) is 5.39. The summed E-state index contributed by atoms with van der Waals surface area (Å²) in [6.45, 7) is 0.949. The Balaban J connectivity index is 2.16. The van der Waals surface area contributed by atoms with Gasteiger partial charge in [-0.1, -0.05) is 0 Å². The van der Waals surface area contributed by atoms with Crippen molar-refractivity contribution < 1.29 is 13.9 Å². The van der Waals surface area contributed by atoms with E-state index in [0.717, 1.165) is 40.9 Å². The van der Waals surface area contributed by atoms with Gasteiger partial charge in [0, 0.05) is 10.9 Å². The second kappa shape index (κ2) is 3.72. The number of hydrogen-bond acceptors (Lipinski definition) is 4. The van der Waals surface area contributed by atoms with Crippen LogP contribution >= 0.6 is 0 Å². The maximum absolute atomic E-state index is 5.54. The molecule has 2 aromatic rings. The van der Waals surface area contributed by atoms with E-state index in [-0.39, 0.29) is 6.79 Å². The first-order valence-corrected chi connectivity index (χ1v) is 5.39. The summed E-state index contributed by atoms with van der Waals surface area (Å²) in [6.07, 6.45) is 3.45. The zero-order chi connectivity index (χ0) is 11.0. The van der Waals surface area contributed by atoms with Crippen molar-refractivity contribution in [3.05, 3.63) is 24.0 Å². The summed E-state index contributed by atoms with van der Waals surface area (Å²) < 4.78 is 16.4. The fourth-order valence-electron chi connectivity index (χ4n) is 2.06. The van der Waals surface area contributed by atoms with Crippen molar-refractivity contribution >= 4 is 11.0 Å². The minimum atomic E-state index is 0.289. The van der Waals surface area contributed by atoms with Gasteiger partial charge in [-0.2, -0.15) is 0 Å². The van der Waals surface area contributed by atoms with Gasteiger partial charge in [0.15, 0.2) is 11.5 Å². The lowest BCUT2D eigenvalue weighted by molar-refractivity contribution is 0.173.